The van der Waals surface area contributed by atoms with Crippen LogP contribution in [0.15, 0.2) is 72.9 Å². The van der Waals surface area contributed by atoms with Crippen LogP contribution in [0.3, 0.4) is 0 Å². The summed E-state index contributed by atoms with van der Waals surface area (Å²) >= 11 is 0. The summed E-state index contributed by atoms with van der Waals surface area (Å²) < 4.78 is 22.9. The third-order valence-electron chi connectivity index (χ3n) is 15.4. The SMILES string of the molecule is CC/C=C\C/C=C\C/C=C\C/C=C\C/C=C\CCCCCC(=O)OC(COC(=O)CCCCCCCCCCCCCCCCCCCCCCCCCCCCC/C=C\CCCCCCCCCC)COC(OCC[N+](C)(C)C)C(=O)O. The first-order valence-corrected chi connectivity index (χ1v) is 35.1. The van der Waals surface area contributed by atoms with Crippen molar-refractivity contribution >= 4 is 17.9 Å². The van der Waals surface area contributed by atoms with Gasteiger partial charge in [0, 0.05) is 12.8 Å². The van der Waals surface area contributed by atoms with Gasteiger partial charge in [0.25, 0.3) is 6.29 Å². The summed E-state index contributed by atoms with van der Waals surface area (Å²) in [6.07, 6.45) is 83.4. The van der Waals surface area contributed by atoms with E-state index in [9.17, 15) is 19.5 Å². The average Bonchev–Trinajstić information content (AvgIpc) is 3.46. The minimum Gasteiger partial charge on any atom is -0.477 e. The van der Waals surface area contributed by atoms with Crippen molar-refractivity contribution in [3.8, 4) is 0 Å². The van der Waals surface area contributed by atoms with Gasteiger partial charge < -0.3 is 28.5 Å². The highest BCUT2D eigenvalue weighted by Crippen LogP contribution is 2.18. The maximum atomic E-state index is 12.9. The molecule has 0 amide bonds. The number of allylic oxidation sites excluding steroid dienone is 12. The average molecular weight is 1170 g/mol. The van der Waals surface area contributed by atoms with Crippen LogP contribution in [0.2, 0.25) is 0 Å². The molecule has 9 heteroatoms. The number of carboxylic acids is 1. The standard InChI is InChI=1S/C74H133NO8/c1-6-8-10-12-14-16-18-20-22-24-26-27-28-29-30-31-32-33-34-35-36-37-38-39-40-41-42-43-44-45-47-48-50-52-54-56-58-60-62-64-71(76)81-68-70(69-82-74(73(78)79)80-67-66-75(3,4)5)83-72(77)65-63-61-59-57-55-53-51-49-46-25-23-21-19-17-15-13-11-9-7-2/h9,11,15,17,21,23-24,26,46,49,53,55,70,74H,6-8,10,12-14,16,18-20,22,25,27-45,47-48,50-52,54,56-69H2,1-5H3/p+1/b11-9-,17-15-,23-21-,26-24-,49-46-,55-53-. The molecule has 1 N–H and O–H groups in total. The van der Waals surface area contributed by atoms with Crippen LogP contribution in [0.5, 0.6) is 0 Å². The van der Waals surface area contributed by atoms with Gasteiger partial charge in [0.1, 0.15) is 13.2 Å². The first kappa shape index (κ1) is 79.7. The number of quaternary nitrogens is 1. The van der Waals surface area contributed by atoms with E-state index in [1.807, 2.05) is 21.1 Å². The summed E-state index contributed by atoms with van der Waals surface area (Å²) in [6, 6.07) is 0. The summed E-state index contributed by atoms with van der Waals surface area (Å²) in [5, 5.41) is 9.72. The predicted octanol–water partition coefficient (Wildman–Crippen LogP) is 21.7. The summed E-state index contributed by atoms with van der Waals surface area (Å²) in [5.74, 6) is -2.04. The smallest absolute Gasteiger partial charge is 0.361 e. The Bertz CT molecular complexity index is 1590. The molecule has 0 rings (SSSR count). The molecule has 0 spiro atoms. The second kappa shape index (κ2) is 64.7. The lowest BCUT2D eigenvalue weighted by Crippen LogP contribution is -2.40. The van der Waals surface area contributed by atoms with E-state index in [-0.39, 0.29) is 32.2 Å². The quantitative estimate of drug-likeness (QED) is 0.0211. The Morgan fingerprint density at radius 3 is 1.05 bits per heavy atom. The van der Waals surface area contributed by atoms with Crippen molar-refractivity contribution in [2.75, 3.05) is 47.5 Å². The molecule has 0 heterocycles. The van der Waals surface area contributed by atoms with Crippen LogP contribution in [0.4, 0.5) is 0 Å². The summed E-state index contributed by atoms with van der Waals surface area (Å²) in [6.45, 7) is 4.75. The number of likely N-dealkylation sites (N-methyl/N-ethyl adjacent to an activating group) is 1. The van der Waals surface area contributed by atoms with Gasteiger partial charge in [0.2, 0.25) is 0 Å². The molecular formula is C74H134NO8+. The molecule has 0 aliphatic rings. The zero-order valence-electron chi connectivity index (χ0n) is 55.1. The molecule has 482 valence electrons. The molecule has 83 heavy (non-hydrogen) atoms. The zero-order chi connectivity index (χ0) is 60.5. The summed E-state index contributed by atoms with van der Waals surface area (Å²) in [7, 11) is 5.96. The topological polar surface area (TPSA) is 108 Å². The van der Waals surface area contributed by atoms with Gasteiger partial charge in [-0.15, -0.1) is 0 Å². The van der Waals surface area contributed by atoms with E-state index in [0.717, 1.165) is 70.6 Å². The molecule has 0 aromatic rings. The van der Waals surface area contributed by atoms with Crippen LogP contribution >= 0.6 is 0 Å². The van der Waals surface area contributed by atoms with E-state index >= 15 is 0 Å². The fourth-order valence-electron chi connectivity index (χ4n) is 10.1. The predicted molar refractivity (Wildman–Crippen MR) is 355 cm³/mol. The van der Waals surface area contributed by atoms with Crippen LogP contribution < -0.4 is 0 Å². The number of aliphatic carboxylic acids is 1. The highest BCUT2D eigenvalue weighted by atomic mass is 16.7. The molecule has 9 nitrogen and oxygen atoms in total. The number of nitrogens with zero attached hydrogens (tertiary/aromatic N) is 1. The fraction of sp³-hybridized carbons (Fsp3) is 0.797. The van der Waals surface area contributed by atoms with Crippen molar-refractivity contribution in [2.45, 2.75) is 334 Å². The first-order valence-electron chi connectivity index (χ1n) is 35.1. The number of rotatable bonds is 65. The molecule has 0 aromatic heterocycles. The number of carbonyl (C=O) groups is 3. The number of carbonyl (C=O) groups excluding carboxylic acids is 2. The van der Waals surface area contributed by atoms with E-state index in [1.165, 1.54) is 218 Å². The monoisotopic (exact) mass is 1170 g/mol. The van der Waals surface area contributed by atoms with E-state index in [2.05, 4.69) is 86.8 Å². The van der Waals surface area contributed by atoms with Crippen molar-refractivity contribution in [1.82, 2.24) is 0 Å². The molecule has 0 aliphatic carbocycles. The van der Waals surface area contributed by atoms with E-state index in [4.69, 9.17) is 18.9 Å². The minimum absolute atomic E-state index is 0.179. The Labute approximate surface area is 513 Å². The van der Waals surface area contributed by atoms with Gasteiger partial charge in [-0.2, -0.15) is 0 Å². The first-order chi connectivity index (χ1) is 40.6. The Kier molecular flexibility index (Phi) is 62.2. The van der Waals surface area contributed by atoms with Gasteiger partial charge in [-0.05, 0) is 83.5 Å². The Hall–Kier alpha value is -3.27. The molecule has 0 aliphatic heterocycles. The molecule has 2 unspecified atom stereocenters. The maximum Gasteiger partial charge on any atom is 0.361 e. The lowest BCUT2D eigenvalue weighted by Gasteiger charge is -2.25. The van der Waals surface area contributed by atoms with Gasteiger partial charge in [-0.25, -0.2) is 4.79 Å². The lowest BCUT2D eigenvalue weighted by molar-refractivity contribution is -0.870. The minimum atomic E-state index is -1.52. The van der Waals surface area contributed by atoms with Crippen molar-refractivity contribution in [3.63, 3.8) is 0 Å². The third-order valence-corrected chi connectivity index (χ3v) is 15.4. The number of ether oxygens (including phenoxy) is 4. The normalized spacial score (nSPS) is 13.1. The molecule has 0 aromatic carbocycles. The lowest BCUT2D eigenvalue weighted by atomic mass is 10.0. The molecule has 0 saturated carbocycles. The largest absolute Gasteiger partial charge is 0.477 e. The molecule has 0 fully saturated rings. The van der Waals surface area contributed by atoms with Gasteiger partial charge >= 0.3 is 17.9 Å². The van der Waals surface area contributed by atoms with Crippen molar-refractivity contribution in [3.05, 3.63) is 72.9 Å². The fourth-order valence-corrected chi connectivity index (χ4v) is 10.1. The molecule has 0 bridgehead atoms. The molecule has 0 radical (unpaired) electrons. The van der Waals surface area contributed by atoms with Crippen molar-refractivity contribution in [2.24, 2.45) is 0 Å². The van der Waals surface area contributed by atoms with E-state index < -0.39 is 24.3 Å². The number of esters is 2. The molecule has 2 atom stereocenters. The Morgan fingerprint density at radius 2 is 0.687 bits per heavy atom. The van der Waals surface area contributed by atoms with Gasteiger partial charge in [0.05, 0.1) is 34.4 Å². The number of carboxylic acid groups (broad SMARTS) is 1. The second-order valence-electron chi connectivity index (χ2n) is 24.8. The maximum absolute atomic E-state index is 12.9. The van der Waals surface area contributed by atoms with Crippen molar-refractivity contribution < 1.29 is 42.9 Å². The zero-order valence-corrected chi connectivity index (χ0v) is 55.1. The van der Waals surface area contributed by atoms with E-state index in [0.29, 0.717) is 23.9 Å². The van der Waals surface area contributed by atoms with Crippen LogP contribution in [0.1, 0.15) is 322 Å². The second-order valence-corrected chi connectivity index (χ2v) is 24.8. The van der Waals surface area contributed by atoms with E-state index in [1.54, 1.807) is 0 Å². The third kappa shape index (κ3) is 66.1. The molecule has 0 saturated heterocycles. The van der Waals surface area contributed by atoms with Crippen LogP contribution in [-0.4, -0.2) is 87.4 Å². The van der Waals surface area contributed by atoms with Gasteiger partial charge in [0.15, 0.2) is 6.10 Å². The number of unbranched alkanes of at least 4 members (excludes halogenated alkanes) is 38. The van der Waals surface area contributed by atoms with Crippen LogP contribution in [0.25, 0.3) is 0 Å². The molecular weight excluding hydrogens is 1030 g/mol. The van der Waals surface area contributed by atoms with Gasteiger partial charge in [-0.1, -0.05) is 299 Å². The van der Waals surface area contributed by atoms with Crippen LogP contribution in [-0.2, 0) is 33.3 Å². The Morgan fingerprint density at radius 1 is 0.373 bits per heavy atom. The summed E-state index contributed by atoms with van der Waals surface area (Å²) in [5.41, 5.74) is 0. The summed E-state index contributed by atoms with van der Waals surface area (Å²) in [4.78, 5) is 37.5. The number of hydrogen-bond donors (Lipinski definition) is 1. The van der Waals surface area contributed by atoms with Crippen molar-refractivity contribution in [1.29, 1.82) is 0 Å². The van der Waals surface area contributed by atoms with Gasteiger partial charge in [-0.3, -0.25) is 9.59 Å². The van der Waals surface area contributed by atoms with Crippen LogP contribution in [0, 0.1) is 0 Å². The number of hydrogen-bond acceptors (Lipinski definition) is 7. The highest BCUT2D eigenvalue weighted by molar-refractivity contribution is 5.71. The Balaban J connectivity index is 3.98. The highest BCUT2D eigenvalue weighted by Gasteiger charge is 2.25.